The first-order valence-electron chi connectivity index (χ1n) is 9.12. The fourth-order valence-corrected chi connectivity index (χ4v) is 2.89. The van der Waals surface area contributed by atoms with Gasteiger partial charge in [-0.1, -0.05) is 30.3 Å². The van der Waals surface area contributed by atoms with Gasteiger partial charge in [-0.05, 0) is 18.9 Å². The molecule has 2 aromatic heterocycles. The van der Waals surface area contributed by atoms with Gasteiger partial charge in [0, 0.05) is 37.0 Å². The van der Waals surface area contributed by atoms with E-state index in [1.165, 1.54) is 4.90 Å². The fourth-order valence-electron chi connectivity index (χ4n) is 2.89. The Morgan fingerprint density at radius 3 is 2.72 bits per heavy atom. The molecule has 0 saturated heterocycles. The van der Waals surface area contributed by atoms with Crippen LogP contribution in [0, 0.1) is 10.1 Å². The van der Waals surface area contributed by atoms with Crippen molar-refractivity contribution < 1.29 is 9.72 Å². The maximum absolute atomic E-state index is 12.4. The quantitative estimate of drug-likeness (QED) is 0.464. The molecule has 1 aromatic carbocycles. The lowest BCUT2D eigenvalue weighted by Crippen LogP contribution is -2.34. The summed E-state index contributed by atoms with van der Waals surface area (Å²) in [6.45, 7) is 0.251. The van der Waals surface area contributed by atoms with Gasteiger partial charge in [-0.2, -0.15) is 5.10 Å². The molecule has 9 heteroatoms. The summed E-state index contributed by atoms with van der Waals surface area (Å²) >= 11 is 0. The van der Waals surface area contributed by atoms with Crippen LogP contribution in [-0.4, -0.2) is 44.1 Å². The molecular formula is C20H21N5O4. The summed E-state index contributed by atoms with van der Waals surface area (Å²) in [4.78, 5) is 35.9. The van der Waals surface area contributed by atoms with Gasteiger partial charge in [0.05, 0.1) is 16.8 Å². The van der Waals surface area contributed by atoms with E-state index < -0.39 is 10.5 Å². The average molecular weight is 395 g/mol. The van der Waals surface area contributed by atoms with Crippen LogP contribution < -0.4 is 5.56 Å². The lowest BCUT2D eigenvalue weighted by atomic mass is 10.1. The van der Waals surface area contributed by atoms with Crippen LogP contribution in [0.15, 0.2) is 59.5 Å². The number of aryl methyl sites for hydroxylation is 1. The summed E-state index contributed by atoms with van der Waals surface area (Å²) in [5.41, 5.74) is 2.19. The van der Waals surface area contributed by atoms with Crippen molar-refractivity contribution in [1.82, 2.24) is 19.7 Å². The minimum Gasteiger partial charge on any atom is -0.344 e. The van der Waals surface area contributed by atoms with Crippen LogP contribution in [0.1, 0.15) is 12.1 Å². The number of carbonyl (C=O) groups excluding carboxylic acids is 1. The van der Waals surface area contributed by atoms with Crippen molar-refractivity contribution in [2.45, 2.75) is 19.4 Å². The number of hydrogen-bond acceptors (Lipinski definition) is 5. The predicted molar refractivity (Wildman–Crippen MR) is 107 cm³/mol. The number of nitrogens with one attached hydrogen (secondary N) is 1. The summed E-state index contributed by atoms with van der Waals surface area (Å²) in [6.07, 6.45) is 2.51. The second-order valence-corrected chi connectivity index (χ2v) is 6.67. The van der Waals surface area contributed by atoms with Crippen molar-refractivity contribution in [1.29, 1.82) is 0 Å². The van der Waals surface area contributed by atoms with E-state index in [4.69, 9.17) is 0 Å². The fraction of sp³-hybridized carbons (Fsp3) is 0.250. The highest BCUT2D eigenvalue weighted by molar-refractivity contribution is 5.75. The molecule has 0 unspecified atom stereocenters. The molecule has 3 aromatic rings. The molecule has 0 radical (unpaired) electrons. The molecule has 0 aliphatic rings. The topological polar surface area (TPSA) is 114 Å². The number of carbonyl (C=O) groups is 1. The van der Waals surface area contributed by atoms with E-state index >= 15 is 0 Å². The summed E-state index contributed by atoms with van der Waals surface area (Å²) in [6, 6.07) is 14.0. The zero-order valence-corrected chi connectivity index (χ0v) is 15.9. The Hall–Kier alpha value is -3.75. The number of H-pyrrole nitrogens is 1. The number of likely N-dealkylation sites (N-methyl/N-ethyl adjacent to an activating group) is 1. The van der Waals surface area contributed by atoms with E-state index in [2.05, 4.69) is 10.2 Å². The second kappa shape index (κ2) is 8.96. The van der Waals surface area contributed by atoms with Crippen molar-refractivity contribution >= 4 is 11.6 Å². The number of aromatic amines is 1. The van der Waals surface area contributed by atoms with Crippen LogP contribution in [0.4, 0.5) is 5.69 Å². The van der Waals surface area contributed by atoms with Gasteiger partial charge in [0.1, 0.15) is 6.54 Å². The minimum atomic E-state index is -0.599. The van der Waals surface area contributed by atoms with E-state index in [-0.39, 0.29) is 18.1 Å². The van der Waals surface area contributed by atoms with Crippen molar-refractivity contribution in [3.05, 3.63) is 80.9 Å². The molecule has 2 heterocycles. The molecule has 0 aliphatic heterocycles. The summed E-state index contributed by atoms with van der Waals surface area (Å²) < 4.78 is 1.05. The highest BCUT2D eigenvalue weighted by atomic mass is 16.6. The molecule has 1 N–H and O–H groups in total. The van der Waals surface area contributed by atoms with Gasteiger partial charge in [0.25, 0.3) is 11.2 Å². The summed E-state index contributed by atoms with van der Waals surface area (Å²) in [7, 11) is 1.65. The molecule has 0 aliphatic carbocycles. The first-order valence-corrected chi connectivity index (χ1v) is 9.12. The smallest absolute Gasteiger partial charge is 0.285 e. The summed E-state index contributed by atoms with van der Waals surface area (Å²) in [5, 5.41) is 18.2. The lowest BCUT2D eigenvalue weighted by Gasteiger charge is -2.17. The minimum absolute atomic E-state index is 0.228. The van der Waals surface area contributed by atoms with E-state index in [0.717, 1.165) is 39.8 Å². The van der Waals surface area contributed by atoms with Gasteiger partial charge >= 0.3 is 0 Å². The number of benzene rings is 1. The molecular weight excluding hydrogens is 374 g/mol. The number of nitrogens with zero attached hydrogens (tertiary/aromatic N) is 4. The molecule has 29 heavy (non-hydrogen) atoms. The highest BCUT2D eigenvalue weighted by Crippen LogP contribution is 2.17. The Labute approximate surface area is 166 Å². The molecule has 0 atom stereocenters. The van der Waals surface area contributed by atoms with Gasteiger partial charge in [0.2, 0.25) is 5.91 Å². The maximum atomic E-state index is 12.4. The summed E-state index contributed by atoms with van der Waals surface area (Å²) in [5.74, 6) is -0.290. The van der Waals surface area contributed by atoms with Gasteiger partial charge in [0.15, 0.2) is 0 Å². The number of amides is 1. The Kier molecular flexibility index (Phi) is 6.18. The predicted octanol–water partition coefficient (Wildman–Crippen LogP) is 2.24. The Bertz CT molecular complexity index is 1060. The SMILES string of the molecule is CN(CCCc1cc(-c2ccccc2)n[nH]1)C(=O)Cn1cc([N+](=O)[O-])ccc1=O. The Morgan fingerprint density at radius 2 is 2.00 bits per heavy atom. The van der Waals surface area contributed by atoms with Gasteiger partial charge < -0.3 is 4.90 Å². The number of nitro groups is 1. The molecule has 0 spiro atoms. The van der Waals surface area contributed by atoms with Crippen molar-refractivity contribution in [2.24, 2.45) is 0 Å². The molecule has 0 saturated carbocycles. The number of aromatic nitrogens is 3. The van der Waals surface area contributed by atoms with E-state index in [9.17, 15) is 19.7 Å². The third kappa shape index (κ3) is 5.16. The normalized spacial score (nSPS) is 10.7. The molecule has 3 rings (SSSR count). The van der Waals surface area contributed by atoms with Gasteiger partial charge in [-0.25, -0.2) is 0 Å². The Morgan fingerprint density at radius 1 is 1.24 bits per heavy atom. The molecule has 150 valence electrons. The zero-order valence-electron chi connectivity index (χ0n) is 15.9. The van der Waals surface area contributed by atoms with Crippen LogP contribution in [0.2, 0.25) is 0 Å². The van der Waals surface area contributed by atoms with Crippen LogP contribution >= 0.6 is 0 Å². The van der Waals surface area contributed by atoms with Crippen LogP contribution in [-0.2, 0) is 17.8 Å². The van der Waals surface area contributed by atoms with Crippen LogP contribution in [0.5, 0.6) is 0 Å². The molecule has 0 bridgehead atoms. The second-order valence-electron chi connectivity index (χ2n) is 6.67. The number of pyridine rings is 1. The first kappa shape index (κ1) is 20.0. The Balaban J connectivity index is 1.52. The largest absolute Gasteiger partial charge is 0.344 e. The standard InChI is InChI=1S/C20H21N5O4/c1-23(20(27)14-24-13-17(25(28)29)9-10-19(24)26)11-5-8-16-12-18(22-21-16)15-6-3-2-4-7-15/h2-4,6-7,9-10,12-13H,5,8,11,14H2,1H3,(H,21,22). The molecule has 9 nitrogen and oxygen atoms in total. The van der Waals surface area contributed by atoms with E-state index in [1.807, 2.05) is 36.4 Å². The van der Waals surface area contributed by atoms with Crippen molar-refractivity contribution in [3.63, 3.8) is 0 Å². The zero-order chi connectivity index (χ0) is 20.8. The van der Waals surface area contributed by atoms with Crippen LogP contribution in [0.3, 0.4) is 0 Å². The van der Waals surface area contributed by atoms with Crippen molar-refractivity contribution in [2.75, 3.05) is 13.6 Å². The highest BCUT2D eigenvalue weighted by Gasteiger charge is 2.14. The number of hydrogen-bond donors (Lipinski definition) is 1. The van der Waals surface area contributed by atoms with Crippen LogP contribution in [0.25, 0.3) is 11.3 Å². The first-order chi connectivity index (χ1) is 13.9. The van der Waals surface area contributed by atoms with Gasteiger partial charge in [-0.15, -0.1) is 0 Å². The average Bonchev–Trinajstić information content (AvgIpc) is 3.19. The number of rotatable bonds is 8. The third-order valence-corrected chi connectivity index (χ3v) is 4.55. The lowest BCUT2D eigenvalue weighted by molar-refractivity contribution is -0.385. The van der Waals surface area contributed by atoms with Crippen molar-refractivity contribution in [3.8, 4) is 11.3 Å². The van der Waals surface area contributed by atoms with E-state index in [0.29, 0.717) is 19.4 Å². The maximum Gasteiger partial charge on any atom is 0.285 e. The third-order valence-electron chi connectivity index (χ3n) is 4.55. The monoisotopic (exact) mass is 395 g/mol. The molecule has 0 fully saturated rings. The molecule has 1 amide bonds. The van der Waals surface area contributed by atoms with Gasteiger partial charge in [-0.3, -0.25) is 29.4 Å². The van der Waals surface area contributed by atoms with E-state index in [1.54, 1.807) is 7.05 Å².